The van der Waals surface area contributed by atoms with Crippen LogP contribution in [0.15, 0.2) is 24.9 Å². The van der Waals surface area contributed by atoms with Gasteiger partial charge < -0.3 is 14.5 Å². The smallest absolute Gasteiger partial charge is 0.238 e. The van der Waals surface area contributed by atoms with Crippen molar-refractivity contribution in [3.63, 3.8) is 0 Å². The summed E-state index contributed by atoms with van der Waals surface area (Å²) in [4.78, 5) is 19.2. The van der Waals surface area contributed by atoms with Gasteiger partial charge in [-0.2, -0.15) is 4.98 Å². The Kier molecular flexibility index (Phi) is 4.59. The van der Waals surface area contributed by atoms with Gasteiger partial charge in [0.2, 0.25) is 11.9 Å². The first-order valence-corrected chi connectivity index (χ1v) is 11.3. The van der Waals surface area contributed by atoms with E-state index in [0.717, 1.165) is 42.8 Å². The van der Waals surface area contributed by atoms with E-state index in [1.54, 1.807) is 6.33 Å². The molecule has 10 heteroatoms. The Hall–Kier alpha value is -3.01. The Morgan fingerprint density at radius 3 is 2.74 bits per heavy atom. The molecule has 0 radical (unpaired) electrons. The molecular formula is C21H27N9O. The quantitative estimate of drug-likeness (QED) is 0.634. The van der Waals surface area contributed by atoms with Gasteiger partial charge in [0, 0.05) is 31.5 Å². The molecule has 3 aliphatic rings. The van der Waals surface area contributed by atoms with Crippen molar-refractivity contribution >= 4 is 11.8 Å². The molecule has 5 heterocycles. The van der Waals surface area contributed by atoms with Crippen molar-refractivity contribution in [1.29, 1.82) is 0 Å². The highest BCUT2D eigenvalue weighted by Gasteiger charge is 2.38. The van der Waals surface area contributed by atoms with Crippen LogP contribution in [0.5, 0.6) is 0 Å². The number of ether oxygens (including phenoxy) is 1. The molecule has 0 bridgehead atoms. The highest BCUT2D eigenvalue weighted by atomic mass is 16.5. The van der Waals surface area contributed by atoms with Crippen LogP contribution in [0.4, 0.5) is 11.8 Å². The standard InChI is InChI=1S/C21H27N9O/c1-2-16-19-26-24-14-29(19)17-13-23-20(25-18(17)30(16)15-5-3-4-6-15)28-8-7-22-21(28)27-9-11-31-12-10-27/h7-8,13-16H,2-6,9-12H2,1H3. The summed E-state index contributed by atoms with van der Waals surface area (Å²) < 4.78 is 9.55. The molecule has 0 spiro atoms. The van der Waals surface area contributed by atoms with Gasteiger partial charge in [0.25, 0.3) is 0 Å². The lowest BCUT2D eigenvalue weighted by atomic mass is 10.0. The number of nitrogens with zero attached hydrogens (tertiary/aromatic N) is 9. The predicted molar refractivity (Wildman–Crippen MR) is 115 cm³/mol. The molecule has 162 valence electrons. The van der Waals surface area contributed by atoms with E-state index in [4.69, 9.17) is 14.7 Å². The third-order valence-electron chi connectivity index (χ3n) is 6.68. The van der Waals surface area contributed by atoms with E-state index in [1.807, 2.05) is 23.2 Å². The zero-order valence-electron chi connectivity index (χ0n) is 17.8. The Bertz CT molecular complexity index is 1060. The number of anilines is 2. The molecule has 1 unspecified atom stereocenters. The summed E-state index contributed by atoms with van der Waals surface area (Å²) >= 11 is 0. The van der Waals surface area contributed by atoms with Gasteiger partial charge in [-0.1, -0.05) is 19.8 Å². The summed E-state index contributed by atoms with van der Waals surface area (Å²) in [6.45, 7) is 5.27. The first-order chi connectivity index (χ1) is 15.3. The lowest BCUT2D eigenvalue weighted by Crippen LogP contribution is -2.42. The highest BCUT2D eigenvalue weighted by Crippen LogP contribution is 2.42. The Labute approximate surface area is 180 Å². The summed E-state index contributed by atoms with van der Waals surface area (Å²) in [7, 11) is 0. The molecule has 0 amide bonds. The summed E-state index contributed by atoms with van der Waals surface area (Å²) in [5, 5.41) is 8.67. The van der Waals surface area contributed by atoms with Gasteiger partial charge in [-0.3, -0.25) is 9.13 Å². The van der Waals surface area contributed by atoms with Crippen molar-refractivity contribution in [2.24, 2.45) is 0 Å². The van der Waals surface area contributed by atoms with E-state index in [-0.39, 0.29) is 6.04 Å². The minimum absolute atomic E-state index is 0.169. The molecule has 3 aromatic rings. The first kappa shape index (κ1) is 18.7. The normalized spacial score (nSPS) is 21.4. The van der Waals surface area contributed by atoms with Crippen LogP contribution in [0.25, 0.3) is 11.6 Å². The lowest BCUT2D eigenvalue weighted by Gasteiger charge is -2.40. The molecule has 1 saturated heterocycles. The maximum atomic E-state index is 5.51. The molecule has 3 aromatic heterocycles. The molecule has 10 nitrogen and oxygen atoms in total. The third-order valence-corrected chi connectivity index (χ3v) is 6.68. The number of fused-ring (bicyclic) bond motifs is 3. The van der Waals surface area contributed by atoms with E-state index in [0.29, 0.717) is 25.2 Å². The minimum atomic E-state index is 0.169. The SMILES string of the molecule is CCC1c2nncn2-c2cnc(-n3ccnc3N3CCOCC3)nc2N1C1CCCC1. The van der Waals surface area contributed by atoms with E-state index >= 15 is 0 Å². The summed E-state index contributed by atoms with van der Waals surface area (Å²) in [6.07, 6.45) is 13.3. The van der Waals surface area contributed by atoms with E-state index in [1.165, 1.54) is 25.7 Å². The van der Waals surface area contributed by atoms with Crippen LogP contribution in [0.2, 0.25) is 0 Å². The van der Waals surface area contributed by atoms with Crippen LogP contribution in [0, 0.1) is 0 Å². The maximum absolute atomic E-state index is 5.51. The summed E-state index contributed by atoms with van der Waals surface area (Å²) in [5.41, 5.74) is 0.952. The number of aromatic nitrogens is 7. The fourth-order valence-corrected chi connectivity index (χ4v) is 5.20. The van der Waals surface area contributed by atoms with Gasteiger partial charge in [-0.15, -0.1) is 10.2 Å². The molecular weight excluding hydrogens is 394 g/mol. The van der Waals surface area contributed by atoms with Gasteiger partial charge in [-0.25, -0.2) is 9.97 Å². The van der Waals surface area contributed by atoms with E-state index in [9.17, 15) is 0 Å². The van der Waals surface area contributed by atoms with Gasteiger partial charge >= 0.3 is 0 Å². The Morgan fingerprint density at radius 2 is 1.94 bits per heavy atom. The largest absolute Gasteiger partial charge is 0.378 e. The van der Waals surface area contributed by atoms with Crippen molar-refractivity contribution in [2.45, 2.75) is 51.1 Å². The zero-order valence-corrected chi connectivity index (χ0v) is 17.8. The molecule has 1 atom stereocenters. The monoisotopic (exact) mass is 421 g/mol. The molecule has 2 fully saturated rings. The molecule has 0 aromatic carbocycles. The molecule has 2 aliphatic heterocycles. The molecule has 31 heavy (non-hydrogen) atoms. The lowest BCUT2D eigenvalue weighted by molar-refractivity contribution is 0.122. The molecule has 1 saturated carbocycles. The fourth-order valence-electron chi connectivity index (χ4n) is 5.20. The van der Waals surface area contributed by atoms with Crippen LogP contribution < -0.4 is 9.80 Å². The van der Waals surface area contributed by atoms with Crippen molar-refractivity contribution in [1.82, 2.24) is 34.3 Å². The van der Waals surface area contributed by atoms with Gasteiger partial charge in [0.05, 0.1) is 25.5 Å². The zero-order chi connectivity index (χ0) is 20.8. The number of rotatable bonds is 4. The average molecular weight is 422 g/mol. The van der Waals surface area contributed by atoms with Crippen molar-refractivity contribution in [3.8, 4) is 11.6 Å². The topological polar surface area (TPSA) is 90.0 Å². The van der Waals surface area contributed by atoms with Gasteiger partial charge in [-0.05, 0) is 19.3 Å². The van der Waals surface area contributed by atoms with Crippen LogP contribution >= 0.6 is 0 Å². The number of hydrogen-bond acceptors (Lipinski definition) is 8. The second-order valence-electron chi connectivity index (χ2n) is 8.40. The second kappa shape index (κ2) is 7.60. The number of hydrogen-bond donors (Lipinski definition) is 0. The Morgan fingerprint density at radius 1 is 1.10 bits per heavy atom. The van der Waals surface area contributed by atoms with Crippen LogP contribution in [0.1, 0.15) is 50.9 Å². The maximum Gasteiger partial charge on any atom is 0.238 e. The third kappa shape index (κ3) is 3.00. The second-order valence-corrected chi connectivity index (χ2v) is 8.40. The number of imidazole rings is 1. The summed E-state index contributed by atoms with van der Waals surface area (Å²) in [5.74, 6) is 3.46. The molecule has 0 N–H and O–H groups in total. The fraction of sp³-hybridized carbons (Fsp3) is 0.571. The van der Waals surface area contributed by atoms with E-state index < -0.39 is 0 Å². The first-order valence-electron chi connectivity index (χ1n) is 11.3. The van der Waals surface area contributed by atoms with Gasteiger partial charge in [0.1, 0.15) is 12.0 Å². The molecule has 1 aliphatic carbocycles. The van der Waals surface area contributed by atoms with Gasteiger partial charge in [0.15, 0.2) is 11.6 Å². The highest BCUT2D eigenvalue weighted by molar-refractivity contribution is 5.63. The number of morpholine rings is 1. The van der Waals surface area contributed by atoms with Crippen molar-refractivity contribution < 1.29 is 4.74 Å². The van der Waals surface area contributed by atoms with Crippen molar-refractivity contribution in [3.05, 3.63) is 30.7 Å². The predicted octanol–water partition coefficient (Wildman–Crippen LogP) is 2.29. The average Bonchev–Trinajstić information content (AvgIpc) is 3.59. The summed E-state index contributed by atoms with van der Waals surface area (Å²) in [6, 6.07) is 0.640. The van der Waals surface area contributed by atoms with Crippen LogP contribution in [-0.2, 0) is 4.74 Å². The van der Waals surface area contributed by atoms with Crippen LogP contribution in [0.3, 0.4) is 0 Å². The van der Waals surface area contributed by atoms with Crippen LogP contribution in [-0.4, -0.2) is 66.6 Å². The Balaban J connectivity index is 1.46. The van der Waals surface area contributed by atoms with E-state index in [2.05, 4.69) is 36.5 Å². The van der Waals surface area contributed by atoms with Crippen molar-refractivity contribution in [2.75, 3.05) is 36.1 Å². The molecule has 6 rings (SSSR count). The minimum Gasteiger partial charge on any atom is -0.378 e.